The van der Waals surface area contributed by atoms with Crippen LogP contribution in [0.5, 0.6) is 0 Å². The summed E-state index contributed by atoms with van der Waals surface area (Å²) in [6.07, 6.45) is -2.56. The number of alkyl halides is 3. The summed E-state index contributed by atoms with van der Waals surface area (Å²) in [6.45, 7) is 0.136. The maximum atomic E-state index is 13.1. The fourth-order valence-corrected chi connectivity index (χ4v) is 3.34. The number of hydrogen-bond acceptors (Lipinski definition) is 2. The molecule has 0 aromatic heterocycles. The van der Waals surface area contributed by atoms with Crippen LogP contribution in [0, 0.1) is 5.82 Å². The largest absolute Gasteiger partial charge is 0.416 e. The highest BCUT2D eigenvalue weighted by atomic mass is 19.4. The van der Waals surface area contributed by atoms with Gasteiger partial charge < -0.3 is 15.7 Å². The van der Waals surface area contributed by atoms with Gasteiger partial charge >= 0.3 is 12.2 Å². The number of rotatable bonds is 7. The second kappa shape index (κ2) is 8.41. The van der Waals surface area contributed by atoms with Gasteiger partial charge in [0, 0.05) is 18.6 Å². The molecule has 156 valence electrons. The van der Waals surface area contributed by atoms with Gasteiger partial charge in [0.1, 0.15) is 5.82 Å². The molecule has 0 bridgehead atoms. The van der Waals surface area contributed by atoms with Crippen LogP contribution in [-0.2, 0) is 11.6 Å². The van der Waals surface area contributed by atoms with Crippen molar-refractivity contribution < 1.29 is 27.5 Å². The quantitative estimate of drug-likeness (QED) is 0.596. The van der Waals surface area contributed by atoms with Crippen LogP contribution in [-0.4, -0.2) is 24.3 Å². The Balaban J connectivity index is 1.59. The van der Waals surface area contributed by atoms with Gasteiger partial charge in [0.2, 0.25) is 0 Å². The van der Waals surface area contributed by atoms with Crippen molar-refractivity contribution in [2.75, 3.05) is 13.2 Å². The van der Waals surface area contributed by atoms with Gasteiger partial charge in [-0.2, -0.15) is 13.2 Å². The molecule has 0 spiro atoms. The Morgan fingerprint density at radius 1 is 1.07 bits per heavy atom. The van der Waals surface area contributed by atoms with E-state index in [1.165, 1.54) is 24.3 Å². The summed E-state index contributed by atoms with van der Waals surface area (Å²) in [6, 6.07) is 9.74. The third-order valence-corrected chi connectivity index (χ3v) is 5.26. The minimum Gasteiger partial charge on any atom is -0.396 e. The predicted molar refractivity (Wildman–Crippen MR) is 99.7 cm³/mol. The molecular formula is C21H22F4N2O2. The lowest BCUT2D eigenvalue weighted by Gasteiger charge is -2.21. The lowest BCUT2D eigenvalue weighted by molar-refractivity contribution is -0.137. The highest BCUT2D eigenvalue weighted by Gasteiger charge is 2.44. The number of carbonyl (C=O) groups is 1. The first-order chi connectivity index (χ1) is 13.7. The maximum absolute atomic E-state index is 13.1. The van der Waals surface area contributed by atoms with Crippen molar-refractivity contribution in [1.82, 2.24) is 10.6 Å². The van der Waals surface area contributed by atoms with E-state index in [9.17, 15) is 27.5 Å². The number of halogens is 4. The molecule has 1 aliphatic rings. The molecule has 1 atom stereocenters. The molecule has 1 saturated carbocycles. The Bertz CT molecular complexity index is 831. The molecule has 1 fully saturated rings. The zero-order valence-electron chi connectivity index (χ0n) is 15.6. The Morgan fingerprint density at radius 3 is 2.21 bits per heavy atom. The molecule has 2 amide bonds. The summed E-state index contributed by atoms with van der Waals surface area (Å²) in [5, 5.41) is 14.8. The van der Waals surface area contributed by atoms with Gasteiger partial charge in [0.05, 0.1) is 11.6 Å². The van der Waals surface area contributed by atoms with Gasteiger partial charge in [-0.1, -0.05) is 24.3 Å². The first kappa shape index (κ1) is 21.1. The molecule has 0 radical (unpaired) electrons. The fourth-order valence-electron chi connectivity index (χ4n) is 3.34. The van der Waals surface area contributed by atoms with Gasteiger partial charge in [0.25, 0.3) is 0 Å². The lowest BCUT2D eigenvalue weighted by Crippen LogP contribution is -2.41. The average Bonchev–Trinajstić information content (AvgIpc) is 3.47. The highest BCUT2D eigenvalue weighted by molar-refractivity contribution is 5.74. The smallest absolute Gasteiger partial charge is 0.396 e. The first-order valence-electron chi connectivity index (χ1n) is 9.32. The Labute approximate surface area is 165 Å². The number of aliphatic hydroxyl groups is 1. The lowest BCUT2D eigenvalue weighted by atomic mass is 9.95. The zero-order valence-corrected chi connectivity index (χ0v) is 15.6. The van der Waals surface area contributed by atoms with E-state index in [2.05, 4.69) is 10.6 Å². The van der Waals surface area contributed by atoms with E-state index in [0.29, 0.717) is 12.1 Å². The van der Waals surface area contributed by atoms with Crippen molar-refractivity contribution in [3.05, 3.63) is 71.0 Å². The molecule has 2 aromatic rings. The van der Waals surface area contributed by atoms with Gasteiger partial charge in [-0.15, -0.1) is 0 Å². The highest BCUT2D eigenvalue weighted by Crippen LogP contribution is 2.48. The molecule has 1 aliphatic carbocycles. The molecular weight excluding hydrogens is 388 g/mol. The van der Waals surface area contributed by atoms with E-state index in [1.54, 1.807) is 12.1 Å². The summed E-state index contributed by atoms with van der Waals surface area (Å²) in [5.74, 6) is -0.395. The third-order valence-electron chi connectivity index (χ3n) is 5.26. The Morgan fingerprint density at radius 2 is 1.69 bits per heavy atom. The van der Waals surface area contributed by atoms with E-state index >= 15 is 0 Å². The van der Waals surface area contributed by atoms with Gasteiger partial charge in [0.15, 0.2) is 0 Å². The van der Waals surface area contributed by atoms with Crippen LogP contribution in [0.4, 0.5) is 22.4 Å². The minimum absolute atomic E-state index is 0.155. The van der Waals surface area contributed by atoms with Crippen LogP contribution in [0.3, 0.4) is 0 Å². The summed E-state index contributed by atoms with van der Waals surface area (Å²) < 4.78 is 51.3. The number of nitrogens with one attached hydrogen (secondary N) is 2. The predicted octanol–water partition coefficient (Wildman–Crippen LogP) is 4.30. The van der Waals surface area contributed by atoms with E-state index < -0.39 is 29.6 Å². The average molecular weight is 410 g/mol. The summed E-state index contributed by atoms with van der Waals surface area (Å²) in [7, 11) is 0. The van der Waals surface area contributed by atoms with Crippen LogP contribution in [0.1, 0.15) is 42.0 Å². The summed E-state index contributed by atoms with van der Waals surface area (Å²) >= 11 is 0. The minimum atomic E-state index is -4.38. The zero-order chi connectivity index (χ0) is 21.1. The standard InChI is InChI=1S/C21H22F4N2O2/c22-17-7-1-14(2-8-17)18(9-12-28)27-19(29)26-13-20(10-11-20)15-3-5-16(6-4-15)21(23,24)25/h1-8,18,28H,9-13H2,(H2,26,27,29). The number of aliphatic hydroxyl groups excluding tert-OH is 1. The maximum Gasteiger partial charge on any atom is 0.416 e. The second-order valence-electron chi connectivity index (χ2n) is 7.30. The Hall–Kier alpha value is -2.61. The number of hydrogen-bond donors (Lipinski definition) is 3. The van der Waals surface area contributed by atoms with Crippen LogP contribution in [0.25, 0.3) is 0 Å². The van der Waals surface area contributed by atoms with Gasteiger partial charge in [-0.25, -0.2) is 9.18 Å². The number of amides is 2. The molecule has 0 saturated heterocycles. The molecule has 0 heterocycles. The van der Waals surface area contributed by atoms with Crippen molar-refractivity contribution in [2.45, 2.75) is 36.9 Å². The SMILES string of the molecule is O=C(NCC1(c2ccc(C(F)(F)F)cc2)CC1)NC(CCO)c1ccc(F)cc1. The normalized spacial score (nSPS) is 16.2. The number of carbonyl (C=O) groups excluding carboxylic acids is 1. The van der Waals surface area contributed by atoms with Crippen LogP contribution in [0.15, 0.2) is 48.5 Å². The molecule has 8 heteroatoms. The van der Waals surface area contributed by atoms with Gasteiger partial charge in [-0.05, 0) is 54.7 Å². The molecule has 0 aliphatic heterocycles. The monoisotopic (exact) mass is 410 g/mol. The van der Waals surface area contributed by atoms with E-state index in [4.69, 9.17) is 0 Å². The van der Waals surface area contributed by atoms with Crippen molar-refractivity contribution >= 4 is 6.03 Å². The molecule has 2 aromatic carbocycles. The van der Waals surface area contributed by atoms with Crippen molar-refractivity contribution in [3.8, 4) is 0 Å². The van der Waals surface area contributed by atoms with E-state index in [0.717, 1.165) is 30.5 Å². The first-order valence-corrected chi connectivity index (χ1v) is 9.32. The number of urea groups is 1. The molecule has 3 rings (SSSR count). The fraction of sp³-hybridized carbons (Fsp3) is 0.381. The molecule has 29 heavy (non-hydrogen) atoms. The van der Waals surface area contributed by atoms with Crippen LogP contribution >= 0.6 is 0 Å². The summed E-state index contributed by atoms with van der Waals surface area (Å²) in [4.78, 5) is 12.3. The topological polar surface area (TPSA) is 61.4 Å². The van der Waals surface area contributed by atoms with Crippen LogP contribution < -0.4 is 10.6 Å². The second-order valence-corrected chi connectivity index (χ2v) is 7.30. The molecule has 4 nitrogen and oxygen atoms in total. The third kappa shape index (κ3) is 5.26. The van der Waals surface area contributed by atoms with E-state index in [1.807, 2.05) is 0 Å². The molecule has 1 unspecified atom stereocenters. The van der Waals surface area contributed by atoms with Crippen molar-refractivity contribution in [3.63, 3.8) is 0 Å². The van der Waals surface area contributed by atoms with Gasteiger partial charge in [-0.3, -0.25) is 0 Å². The van der Waals surface area contributed by atoms with Crippen molar-refractivity contribution in [2.24, 2.45) is 0 Å². The number of benzene rings is 2. The van der Waals surface area contributed by atoms with E-state index in [-0.39, 0.29) is 18.4 Å². The molecule has 3 N–H and O–H groups in total. The Kier molecular flexibility index (Phi) is 6.12. The van der Waals surface area contributed by atoms with Crippen molar-refractivity contribution in [1.29, 1.82) is 0 Å². The summed E-state index contributed by atoms with van der Waals surface area (Å²) in [5.41, 5.74) is 0.369. The van der Waals surface area contributed by atoms with Crippen LogP contribution in [0.2, 0.25) is 0 Å².